The van der Waals surface area contributed by atoms with E-state index in [1.807, 2.05) is 55.5 Å². The molecule has 0 bridgehead atoms. The number of esters is 1. The molecular weight excluding hydrogens is 384 g/mol. The van der Waals surface area contributed by atoms with E-state index in [-0.39, 0.29) is 18.9 Å². The van der Waals surface area contributed by atoms with E-state index < -0.39 is 12.1 Å². The second-order valence-corrected chi connectivity index (χ2v) is 7.18. The number of aryl methyl sites for hydroxylation is 1. The van der Waals surface area contributed by atoms with Crippen LogP contribution in [0.3, 0.4) is 0 Å². The van der Waals surface area contributed by atoms with Crippen LogP contribution in [0.4, 0.5) is 11.4 Å². The second kappa shape index (κ2) is 10.6. The number of amides is 1. The zero-order valence-corrected chi connectivity index (χ0v) is 17.4. The molecule has 30 heavy (non-hydrogen) atoms. The molecule has 1 N–H and O–H groups in total. The predicted octanol–water partition coefficient (Wildman–Crippen LogP) is 3.17. The van der Waals surface area contributed by atoms with Gasteiger partial charge in [0.1, 0.15) is 5.75 Å². The monoisotopic (exact) mass is 412 g/mol. The molecule has 0 aliphatic carbocycles. The Bertz CT molecular complexity index is 847. The largest absolute Gasteiger partial charge is 0.493 e. The van der Waals surface area contributed by atoms with E-state index in [9.17, 15) is 9.59 Å². The highest BCUT2D eigenvalue weighted by Gasteiger charge is 2.18. The molecule has 0 spiro atoms. The molecule has 0 aromatic heterocycles. The van der Waals surface area contributed by atoms with Gasteiger partial charge in [0.25, 0.3) is 5.91 Å². The maximum atomic E-state index is 12.3. The van der Waals surface area contributed by atoms with Crippen LogP contribution in [0, 0.1) is 6.92 Å². The van der Waals surface area contributed by atoms with E-state index >= 15 is 0 Å². The molecule has 1 fully saturated rings. The van der Waals surface area contributed by atoms with Crippen molar-refractivity contribution in [2.45, 2.75) is 26.4 Å². The van der Waals surface area contributed by atoms with Crippen LogP contribution in [0.1, 0.15) is 18.9 Å². The van der Waals surface area contributed by atoms with Gasteiger partial charge in [-0.15, -0.1) is 0 Å². The Morgan fingerprint density at radius 2 is 1.87 bits per heavy atom. The van der Waals surface area contributed by atoms with Gasteiger partial charge in [-0.05, 0) is 55.8 Å². The van der Waals surface area contributed by atoms with Crippen molar-refractivity contribution in [3.63, 3.8) is 0 Å². The summed E-state index contributed by atoms with van der Waals surface area (Å²) in [6.45, 7) is 6.86. The maximum absolute atomic E-state index is 12.3. The lowest BCUT2D eigenvalue weighted by Crippen LogP contribution is -2.36. The van der Waals surface area contributed by atoms with Crippen molar-refractivity contribution >= 4 is 23.3 Å². The van der Waals surface area contributed by atoms with E-state index in [2.05, 4.69) is 10.2 Å². The SMILES string of the molecule is Cc1cccc(OCCC(=O)O[C@@H](C)C(=O)Nc2ccc(N3CCOCC3)cc2)c1. The molecule has 7 nitrogen and oxygen atoms in total. The molecule has 1 heterocycles. The molecular formula is C23H28N2O5. The van der Waals surface area contributed by atoms with Crippen LogP contribution >= 0.6 is 0 Å². The van der Waals surface area contributed by atoms with Crippen molar-refractivity contribution in [2.24, 2.45) is 0 Å². The number of ether oxygens (including phenoxy) is 3. The van der Waals surface area contributed by atoms with Crippen molar-refractivity contribution < 1.29 is 23.8 Å². The summed E-state index contributed by atoms with van der Waals surface area (Å²) in [6, 6.07) is 15.2. The van der Waals surface area contributed by atoms with Gasteiger partial charge in [0.15, 0.2) is 6.10 Å². The summed E-state index contributed by atoms with van der Waals surface area (Å²) in [5.41, 5.74) is 2.82. The first-order valence-electron chi connectivity index (χ1n) is 10.1. The van der Waals surface area contributed by atoms with E-state index in [1.165, 1.54) is 0 Å². The van der Waals surface area contributed by atoms with Crippen molar-refractivity contribution in [1.82, 2.24) is 0 Å². The minimum atomic E-state index is -0.893. The lowest BCUT2D eigenvalue weighted by Gasteiger charge is -2.28. The number of morpholine rings is 1. The first kappa shape index (κ1) is 21.6. The van der Waals surface area contributed by atoms with Gasteiger partial charge in [0.2, 0.25) is 0 Å². The zero-order valence-electron chi connectivity index (χ0n) is 17.4. The highest BCUT2D eigenvalue weighted by molar-refractivity contribution is 5.95. The van der Waals surface area contributed by atoms with Crippen LogP contribution in [0.2, 0.25) is 0 Å². The summed E-state index contributed by atoms with van der Waals surface area (Å²) in [6.07, 6.45) is -0.824. The third kappa shape index (κ3) is 6.49. The quantitative estimate of drug-likeness (QED) is 0.671. The molecule has 0 radical (unpaired) electrons. The molecule has 3 rings (SSSR count). The molecule has 1 atom stereocenters. The molecule has 160 valence electrons. The number of carbonyl (C=O) groups excluding carboxylic acids is 2. The van der Waals surface area contributed by atoms with E-state index in [4.69, 9.17) is 14.2 Å². The highest BCUT2D eigenvalue weighted by atomic mass is 16.5. The highest BCUT2D eigenvalue weighted by Crippen LogP contribution is 2.19. The van der Waals surface area contributed by atoms with Crippen molar-refractivity contribution in [3.05, 3.63) is 54.1 Å². The number of carbonyl (C=O) groups is 2. The Balaban J connectivity index is 1.40. The average molecular weight is 412 g/mol. The Hall–Kier alpha value is -3.06. The van der Waals surface area contributed by atoms with Crippen LogP contribution in [-0.2, 0) is 19.1 Å². The molecule has 1 aliphatic heterocycles. The van der Waals surface area contributed by atoms with Gasteiger partial charge in [0, 0.05) is 24.5 Å². The molecule has 2 aromatic carbocycles. The normalized spacial score (nSPS) is 14.7. The molecule has 7 heteroatoms. The first-order chi connectivity index (χ1) is 14.5. The number of nitrogens with one attached hydrogen (secondary N) is 1. The summed E-state index contributed by atoms with van der Waals surface area (Å²) in [5.74, 6) is -0.149. The third-order valence-corrected chi connectivity index (χ3v) is 4.75. The fourth-order valence-electron chi connectivity index (χ4n) is 3.09. The van der Waals surface area contributed by atoms with Crippen molar-refractivity contribution in [1.29, 1.82) is 0 Å². The fraction of sp³-hybridized carbons (Fsp3) is 0.391. The van der Waals surface area contributed by atoms with Crippen LogP contribution in [0.5, 0.6) is 5.75 Å². The fourth-order valence-corrected chi connectivity index (χ4v) is 3.09. The summed E-state index contributed by atoms with van der Waals surface area (Å²) in [4.78, 5) is 26.5. The van der Waals surface area contributed by atoms with E-state index in [1.54, 1.807) is 6.92 Å². The van der Waals surface area contributed by atoms with Gasteiger partial charge in [-0.1, -0.05) is 12.1 Å². The average Bonchev–Trinajstić information content (AvgIpc) is 2.75. The Morgan fingerprint density at radius 3 is 2.57 bits per heavy atom. The van der Waals surface area contributed by atoms with Gasteiger partial charge in [-0.25, -0.2) is 0 Å². The number of rotatable bonds is 8. The minimum absolute atomic E-state index is 0.0693. The molecule has 0 unspecified atom stereocenters. The predicted molar refractivity (Wildman–Crippen MR) is 115 cm³/mol. The van der Waals surface area contributed by atoms with Crippen LogP contribution in [0.25, 0.3) is 0 Å². The number of nitrogens with zero attached hydrogens (tertiary/aromatic N) is 1. The Kier molecular flexibility index (Phi) is 7.68. The van der Waals surface area contributed by atoms with E-state index in [0.717, 1.165) is 37.6 Å². The number of hydrogen-bond donors (Lipinski definition) is 1. The topological polar surface area (TPSA) is 77.1 Å². The zero-order chi connectivity index (χ0) is 21.3. The molecule has 0 saturated carbocycles. The summed E-state index contributed by atoms with van der Waals surface area (Å²) < 4.78 is 16.1. The molecule has 1 saturated heterocycles. The van der Waals surface area contributed by atoms with Crippen molar-refractivity contribution in [3.8, 4) is 5.75 Å². The second-order valence-electron chi connectivity index (χ2n) is 7.18. The van der Waals surface area contributed by atoms with E-state index in [0.29, 0.717) is 11.4 Å². The standard InChI is InChI=1S/C23H28N2O5/c1-17-4-3-5-21(16-17)29-13-10-22(26)30-18(2)23(27)24-19-6-8-20(9-7-19)25-11-14-28-15-12-25/h3-9,16,18H,10-15H2,1-2H3,(H,24,27)/t18-/m0/s1. The van der Waals surface area contributed by atoms with Gasteiger partial charge >= 0.3 is 5.97 Å². The third-order valence-electron chi connectivity index (χ3n) is 4.75. The van der Waals surface area contributed by atoms with Gasteiger partial charge in [-0.2, -0.15) is 0 Å². The lowest BCUT2D eigenvalue weighted by atomic mass is 10.2. The number of hydrogen-bond acceptors (Lipinski definition) is 6. The molecule has 1 amide bonds. The number of benzene rings is 2. The smallest absolute Gasteiger partial charge is 0.310 e. The first-order valence-corrected chi connectivity index (χ1v) is 10.1. The number of anilines is 2. The summed E-state index contributed by atoms with van der Waals surface area (Å²) in [7, 11) is 0. The van der Waals surface area contributed by atoms with Gasteiger partial charge in [-0.3, -0.25) is 9.59 Å². The minimum Gasteiger partial charge on any atom is -0.493 e. The van der Waals surface area contributed by atoms with Crippen LogP contribution in [-0.4, -0.2) is 50.9 Å². The van der Waals surface area contributed by atoms with Crippen molar-refractivity contribution in [2.75, 3.05) is 43.1 Å². The summed E-state index contributed by atoms with van der Waals surface area (Å²) >= 11 is 0. The molecule has 1 aliphatic rings. The Labute approximate surface area is 176 Å². The summed E-state index contributed by atoms with van der Waals surface area (Å²) in [5, 5.41) is 2.77. The van der Waals surface area contributed by atoms with Gasteiger partial charge < -0.3 is 24.4 Å². The van der Waals surface area contributed by atoms with Crippen LogP contribution in [0.15, 0.2) is 48.5 Å². The lowest BCUT2D eigenvalue weighted by molar-refractivity contribution is -0.153. The Morgan fingerprint density at radius 1 is 1.13 bits per heavy atom. The van der Waals surface area contributed by atoms with Gasteiger partial charge in [0.05, 0.1) is 26.2 Å². The molecule has 2 aromatic rings. The van der Waals surface area contributed by atoms with Crippen LogP contribution < -0.4 is 15.0 Å². The maximum Gasteiger partial charge on any atom is 0.310 e.